The number of nitrogen functional groups attached to an aromatic ring is 1. The lowest BCUT2D eigenvalue weighted by Crippen LogP contribution is -2.41. The SMILES string of the molecule is CCCC(C(=O)O)(c1cc(Cl)cc(Cl)c1N)C(C)C. The Morgan fingerprint density at radius 3 is 2.42 bits per heavy atom. The summed E-state index contributed by atoms with van der Waals surface area (Å²) in [6.07, 6.45) is 1.22. The molecule has 5 heteroatoms. The average Bonchev–Trinajstić information content (AvgIpc) is 2.30. The first-order chi connectivity index (χ1) is 8.77. The Labute approximate surface area is 123 Å². The maximum absolute atomic E-state index is 11.9. The van der Waals surface area contributed by atoms with Gasteiger partial charge in [0.2, 0.25) is 0 Å². The van der Waals surface area contributed by atoms with Crippen LogP contribution in [0.2, 0.25) is 10.0 Å². The monoisotopic (exact) mass is 303 g/mol. The number of carboxylic acids is 1. The van der Waals surface area contributed by atoms with Crippen LogP contribution in [0.3, 0.4) is 0 Å². The highest BCUT2D eigenvalue weighted by Gasteiger charge is 2.44. The molecule has 1 atom stereocenters. The first kappa shape index (κ1) is 16.1. The Kier molecular flexibility index (Phi) is 5.11. The maximum Gasteiger partial charge on any atom is 0.314 e. The molecule has 0 heterocycles. The van der Waals surface area contributed by atoms with Crippen molar-refractivity contribution in [1.82, 2.24) is 0 Å². The van der Waals surface area contributed by atoms with Gasteiger partial charge in [-0.2, -0.15) is 0 Å². The van der Waals surface area contributed by atoms with Crippen molar-refractivity contribution in [2.45, 2.75) is 39.0 Å². The van der Waals surface area contributed by atoms with Crippen molar-refractivity contribution in [3.05, 3.63) is 27.7 Å². The molecule has 0 saturated heterocycles. The van der Waals surface area contributed by atoms with Crippen LogP contribution in [0.5, 0.6) is 0 Å². The third-order valence-electron chi connectivity index (χ3n) is 3.59. The van der Waals surface area contributed by atoms with Gasteiger partial charge in [0, 0.05) is 5.02 Å². The molecule has 0 spiro atoms. The molecule has 0 aliphatic rings. The Bertz CT molecular complexity index is 489. The van der Waals surface area contributed by atoms with Gasteiger partial charge in [0.25, 0.3) is 0 Å². The van der Waals surface area contributed by atoms with E-state index in [4.69, 9.17) is 28.9 Å². The zero-order chi connectivity index (χ0) is 14.8. The van der Waals surface area contributed by atoms with Gasteiger partial charge in [-0.05, 0) is 30.0 Å². The topological polar surface area (TPSA) is 63.3 Å². The van der Waals surface area contributed by atoms with Crippen molar-refractivity contribution in [2.75, 3.05) is 5.73 Å². The second-order valence-electron chi connectivity index (χ2n) is 5.03. The zero-order valence-corrected chi connectivity index (χ0v) is 12.8. The minimum absolute atomic E-state index is 0.123. The summed E-state index contributed by atoms with van der Waals surface area (Å²) in [5, 5.41) is 10.4. The molecule has 19 heavy (non-hydrogen) atoms. The van der Waals surface area contributed by atoms with E-state index in [1.165, 1.54) is 6.07 Å². The first-order valence-electron chi connectivity index (χ1n) is 6.25. The van der Waals surface area contributed by atoms with Crippen molar-refractivity contribution < 1.29 is 9.90 Å². The van der Waals surface area contributed by atoms with Crippen LogP contribution in [0.25, 0.3) is 0 Å². The molecule has 1 aromatic rings. The molecule has 0 aliphatic carbocycles. The second-order valence-corrected chi connectivity index (χ2v) is 5.87. The van der Waals surface area contributed by atoms with Gasteiger partial charge >= 0.3 is 5.97 Å². The van der Waals surface area contributed by atoms with E-state index in [1.54, 1.807) is 6.07 Å². The predicted molar refractivity (Wildman–Crippen MR) is 79.9 cm³/mol. The second kappa shape index (κ2) is 6.02. The third kappa shape index (κ3) is 2.82. The van der Waals surface area contributed by atoms with E-state index in [-0.39, 0.29) is 5.92 Å². The van der Waals surface area contributed by atoms with E-state index in [0.29, 0.717) is 27.7 Å². The molecule has 0 saturated carbocycles. The average molecular weight is 304 g/mol. The van der Waals surface area contributed by atoms with Gasteiger partial charge in [-0.1, -0.05) is 50.4 Å². The molecule has 0 aliphatic heterocycles. The van der Waals surface area contributed by atoms with Gasteiger partial charge in [-0.3, -0.25) is 4.79 Å². The Balaban J connectivity index is 3.61. The molecular formula is C14H19Cl2NO2. The minimum Gasteiger partial charge on any atom is -0.481 e. The molecular weight excluding hydrogens is 285 g/mol. The van der Waals surface area contributed by atoms with Crippen molar-refractivity contribution >= 4 is 34.9 Å². The van der Waals surface area contributed by atoms with E-state index in [0.717, 1.165) is 6.42 Å². The van der Waals surface area contributed by atoms with Gasteiger partial charge < -0.3 is 10.8 Å². The van der Waals surface area contributed by atoms with Crippen LogP contribution in [0.4, 0.5) is 5.69 Å². The number of carboxylic acid groups (broad SMARTS) is 1. The smallest absolute Gasteiger partial charge is 0.314 e. The fourth-order valence-electron chi connectivity index (χ4n) is 2.55. The number of hydrogen-bond donors (Lipinski definition) is 2. The lowest BCUT2D eigenvalue weighted by Gasteiger charge is -2.35. The van der Waals surface area contributed by atoms with Crippen LogP contribution >= 0.6 is 23.2 Å². The number of carbonyl (C=O) groups is 1. The van der Waals surface area contributed by atoms with Crippen molar-refractivity contribution in [1.29, 1.82) is 0 Å². The highest BCUT2D eigenvalue weighted by molar-refractivity contribution is 6.36. The summed E-state index contributed by atoms with van der Waals surface area (Å²) in [4.78, 5) is 11.9. The van der Waals surface area contributed by atoms with Gasteiger partial charge in [0.15, 0.2) is 0 Å². The van der Waals surface area contributed by atoms with Gasteiger partial charge in [-0.25, -0.2) is 0 Å². The number of hydrogen-bond acceptors (Lipinski definition) is 2. The number of rotatable bonds is 5. The normalized spacial score (nSPS) is 14.4. The highest BCUT2D eigenvalue weighted by atomic mass is 35.5. The Morgan fingerprint density at radius 1 is 1.42 bits per heavy atom. The number of nitrogens with two attached hydrogens (primary N) is 1. The van der Waals surface area contributed by atoms with E-state index in [1.807, 2.05) is 20.8 Å². The van der Waals surface area contributed by atoms with Gasteiger partial charge in [-0.15, -0.1) is 0 Å². The predicted octanol–water partition coefficient (Wildman–Crippen LogP) is 4.35. The standard InChI is InChI=1S/C14H19Cl2NO2/c1-4-5-14(8(2)3,13(18)19)10-6-9(15)7-11(16)12(10)17/h6-8H,4-5,17H2,1-3H3,(H,18,19). The lowest BCUT2D eigenvalue weighted by atomic mass is 9.68. The van der Waals surface area contributed by atoms with Crippen molar-refractivity contribution in [3.63, 3.8) is 0 Å². The van der Waals surface area contributed by atoms with Crippen LogP contribution < -0.4 is 5.73 Å². The van der Waals surface area contributed by atoms with E-state index < -0.39 is 11.4 Å². The van der Waals surface area contributed by atoms with Crippen LogP contribution in [-0.2, 0) is 10.2 Å². The number of aliphatic carboxylic acids is 1. The molecule has 3 nitrogen and oxygen atoms in total. The summed E-state index contributed by atoms with van der Waals surface area (Å²) in [5.74, 6) is -1.02. The minimum atomic E-state index is -1.06. The Morgan fingerprint density at radius 2 is 2.00 bits per heavy atom. The summed E-state index contributed by atoms with van der Waals surface area (Å²) in [7, 11) is 0. The molecule has 0 radical (unpaired) electrons. The highest BCUT2D eigenvalue weighted by Crippen LogP contribution is 2.43. The zero-order valence-electron chi connectivity index (χ0n) is 11.3. The number of anilines is 1. The van der Waals surface area contributed by atoms with Crippen LogP contribution in [0.1, 0.15) is 39.2 Å². The Hall–Kier alpha value is -0.930. The quantitative estimate of drug-likeness (QED) is 0.795. The molecule has 3 N–H and O–H groups in total. The maximum atomic E-state index is 11.9. The molecule has 1 aromatic carbocycles. The fraction of sp³-hybridized carbons (Fsp3) is 0.500. The summed E-state index contributed by atoms with van der Waals surface area (Å²) < 4.78 is 0. The van der Waals surface area contributed by atoms with Crippen molar-refractivity contribution in [2.24, 2.45) is 5.92 Å². The fourth-order valence-corrected chi connectivity index (χ4v) is 3.05. The molecule has 1 rings (SSSR count). The molecule has 106 valence electrons. The lowest BCUT2D eigenvalue weighted by molar-refractivity contribution is -0.146. The van der Waals surface area contributed by atoms with E-state index in [9.17, 15) is 9.90 Å². The molecule has 0 fully saturated rings. The summed E-state index contributed by atoms with van der Waals surface area (Å²) in [6.45, 7) is 5.69. The van der Waals surface area contributed by atoms with Crippen LogP contribution in [-0.4, -0.2) is 11.1 Å². The van der Waals surface area contributed by atoms with E-state index in [2.05, 4.69) is 0 Å². The number of benzene rings is 1. The van der Waals surface area contributed by atoms with Crippen molar-refractivity contribution in [3.8, 4) is 0 Å². The molecule has 0 bridgehead atoms. The molecule has 0 amide bonds. The van der Waals surface area contributed by atoms with E-state index >= 15 is 0 Å². The first-order valence-corrected chi connectivity index (χ1v) is 7.01. The summed E-state index contributed by atoms with van der Waals surface area (Å²) in [6, 6.07) is 3.15. The molecule has 1 unspecified atom stereocenters. The summed E-state index contributed by atoms with van der Waals surface area (Å²) >= 11 is 12.0. The summed E-state index contributed by atoms with van der Waals surface area (Å²) in [5.41, 5.74) is 5.74. The third-order valence-corrected chi connectivity index (χ3v) is 4.12. The van der Waals surface area contributed by atoms with Gasteiger partial charge in [0.1, 0.15) is 0 Å². The van der Waals surface area contributed by atoms with Gasteiger partial charge in [0.05, 0.1) is 16.1 Å². The van der Waals surface area contributed by atoms with Crippen LogP contribution in [0, 0.1) is 5.92 Å². The molecule has 0 aromatic heterocycles. The van der Waals surface area contributed by atoms with Crippen LogP contribution in [0.15, 0.2) is 12.1 Å². The number of halogens is 2. The largest absolute Gasteiger partial charge is 0.481 e.